The number of hydrogen-bond donors (Lipinski definition) is 1. The van der Waals surface area contributed by atoms with Crippen LogP contribution in [0.15, 0.2) is 53.1 Å². The Balaban J connectivity index is 1.64. The highest BCUT2D eigenvalue weighted by Crippen LogP contribution is 2.21. The van der Waals surface area contributed by atoms with E-state index in [4.69, 9.17) is 9.26 Å². The van der Waals surface area contributed by atoms with Crippen LogP contribution in [0.2, 0.25) is 0 Å². The van der Waals surface area contributed by atoms with Crippen LogP contribution in [0.25, 0.3) is 11.4 Å². The Bertz CT molecular complexity index is 982. The van der Waals surface area contributed by atoms with Gasteiger partial charge in [0.1, 0.15) is 5.75 Å². The van der Waals surface area contributed by atoms with Crippen molar-refractivity contribution in [1.29, 1.82) is 0 Å². The van der Waals surface area contributed by atoms with Gasteiger partial charge in [-0.15, -0.1) is 0 Å². The van der Waals surface area contributed by atoms with Gasteiger partial charge in [-0.25, -0.2) is 13.1 Å². The Kier molecular flexibility index (Phi) is 5.34. The number of methoxy groups -OCH3 is 1. The van der Waals surface area contributed by atoms with Crippen molar-refractivity contribution in [3.8, 4) is 17.1 Å². The Hall–Kier alpha value is -2.71. The summed E-state index contributed by atoms with van der Waals surface area (Å²) in [4.78, 5) is 4.22. The molecule has 8 heteroatoms. The number of aromatic nitrogens is 2. The quantitative estimate of drug-likeness (QED) is 0.684. The van der Waals surface area contributed by atoms with Crippen molar-refractivity contribution in [2.45, 2.75) is 19.2 Å². The van der Waals surface area contributed by atoms with Gasteiger partial charge >= 0.3 is 0 Å². The molecule has 26 heavy (non-hydrogen) atoms. The molecule has 2 aromatic carbocycles. The molecule has 136 valence electrons. The predicted octanol–water partition coefficient (Wildman–Crippen LogP) is 2.67. The van der Waals surface area contributed by atoms with Crippen LogP contribution >= 0.6 is 0 Å². The van der Waals surface area contributed by atoms with Crippen LogP contribution in [0.5, 0.6) is 5.75 Å². The van der Waals surface area contributed by atoms with Gasteiger partial charge in [0, 0.05) is 5.56 Å². The van der Waals surface area contributed by atoms with Crippen LogP contribution in [0, 0.1) is 6.92 Å². The van der Waals surface area contributed by atoms with E-state index in [1.54, 1.807) is 25.3 Å². The summed E-state index contributed by atoms with van der Waals surface area (Å²) in [5.41, 5.74) is 2.52. The minimum absolute atomic E-state index is 0.0643. The molecule has 7 nitrogen and oxygen atoms in total. The van der Waals surface area contributed by atoms with Crippen LogP contribution in [0.3, 0.4) is 0 Å². The average Bonchev–Trinajstić information content (AvgIpc) is 3.11. The molecule has 0 fully saturated rings. The lowest BCUT2D eigenvalue weighted by Crippen LogP contribution is -2.24. The van der Waals surface area contributed by atoms with Crippen molar-refractivity contribution < 1.29 is 17.7 Å². The number of sulfonamides is 1. The largest absolute Gasteiger partial charge is 0.497 e. The van der Waals surface area contributed by atoms with Crippen molar-refractivity contribution in [2.75, 3.05) is 7.11 Å². The third-order valence-electron chi connectivity index (χ3n) is 3.72. The summed E-state index contributed by atoms with van der Waals surface area (Å²) in [6.45, 7) is 1.89. The molecule has 1 N–H and O–H groups in total. The SMILES string of the molecule is COc1cccc(-c2noc(CNS(=O)(=O)Cc3ccc(C)cc3)n2)c1. The first-order chi connectivity index (χ1) is 12.4. The first kappa shape index (κ1) is 18.1. The van der Waals surface area contributed by atoms with E-state index in [2.05, 4.69) is 14.9 Å². The Morgan fingerprint density at radius 3 is 2.65 bits per heavy atom. The van der Waals surface area contributed by atoms with Gasteiger partial charge < -0.3 is 9.26 Å². The second-order valence-electron chi connectivity index (χ2n) is 5.81. The second kappa shape index (κ2) is 7.67. The zero-order valence-corrected chi connectivity index (χ0v) is 15.3. The van der Waals surface area contributed by atoms with Crippen molar-refractivity contribution in [3.05, 3.63) is 65.5 Å². The van der Waals surface area contributed by atoms with E-state index in [-0.39, 0.29) is 18.2 Å². The Morgan fingerprint density at radius 1 is 1.15 bits per heavy atom. The number of nitrogens with zero attached hydrogens (tertiary/aromatic N) is 2. The van der Waals surface area contributed by atoms with Crippen LogP contribution in [-0.2, 0) is 22.3 Å². The minimum atomic E-state index is -3.51. The van der Waals surface area contributed by atoms with E-state index in [9.17, 15) is 8.42 Å². The molecular formula is C18H19N3O4S. The first-order valence-electron chi connectivity index (χ1n) is 7.95. The van der Waals surface area contributed by atoms with Gasteiger partial charge in [-0.1, -0.05) is 47.1 Å². The number of rotatable bonds is 7. The van der Waals surface area contributed by atoms with Crippen molar-refractivity contribution in [2.24, 2.45) is 0 Å². The van der Waals surface area contributed by atoms with Crippen molar-refractivity contribution in [1.82, 2.24) is 14.9 Å². The third kappa shape index (κ3) is 4.68. The summed E-state index contributed by atoms with van der Waals surface area (Å²) in [5, 5.41) is 3.88. The van der Waals surface area contributed by atoms with Crippen LogP contribution in [-0.4, -0.2) is 25.7 Å². The molecule has 0 aliphatic carbocycles. The smallest absolute Gasteiger partial charge is 0.242 e. The van der Waals surface area contributed by atoms with Crippen molar-refractivity contribution >= 4 is 10.0 Å². The zero-order valence-electron chi connectivity index (χ0n) is 14.5. The van der Waals surface area contributed by atoms with Gasteiger partial charge in [0.15, 0.2) is 0 Å². The number of aryl methyl sites for hydroxylation is 1. The maximum Gasteiger partial charge on any atom is 0.242 e. The van der Waals surface area contributed by atoms with E-state index >= 15 is 0 Å². The Labute approximate surface area is 152 Å². The molecule has 0 unspecified atom stereocenters. The molecule has 0 aliphatic rings. The molecule has 0 radical (unpaired) electrons. The van der Waals surface area contributed by atoms with Gasteiger partial charge in [-0.05, 0) is 24.6 Å². The summed E-state index contributed by atoms with van der Waals surface area (Å²) in [6.07, 6.45) is 0. The molecule has 0 bridgehead atoms. The van der Waals surface area contributed by atoms with Gasteiger partial charge in [0.25, 0.3) is 0 Å². The number of hydrogen-bond acceptors (Lipinski definition) is 6. The maximum absolute atomic E-state index is 12.2. The third-order valence-corrected chi connectivity index (χ3v) is 5.01. The summed E-state index contributed by atoms with van der Waals surface area (Å²) in [5.74, 6) is 1.13. The molecule has 0 amide bonds. The fourth-order valence-corrected chi connectivity index (χ4v) is 3.41. The standard InChI is InChI=1S/C18H19N3O4S/c1-13-6-8-14(9-7-13)12-26(22,23)19-11-17-20-18(21-25-17)15-4-3-5-16(10-15)24-2/h3-10,19H,11-12H2,1-2H3. The fourth-order valence-electron chi connectivity index (χ4n) is 2.33. The lowest BCUT2D eigenvalue weighted by atomic mass is 10.2. The van der Waals surface area contributed by atoms with E-state index < -0.39 is 10.0 Å². The van der Waals surface area contributed by atoms with Crippen LogP contribution in [0.4, 0.5) is 0 Å². The first-order valence-corrected chi connectivity index (χ1v) is 9.60. The highest BCUT2D eigenvalue weighted by atomic mass is 32.2. The topological polar surface area (TPSA) is 94.3 Å². The van der Waals surface area contributed by atoms with E-state index in [0.29, 0.717) is 17.1 Å². The molecular weight excluding hydrogens is 354 g/mol. The van der Waals surface area contributed by atoms with Crippen LogP contribution < -0.4 is 9.46 Å². The Morgan fingerprint density at radius 2 is 1.92 bits per heavy atom. The predicted molar refractivity (Wildman–Crippen MR) is 96.9 cm³/mol. The highest BCUT2D eigenvalue weighted by molar-refractivity contribution is 7.88. The van der Waals surface area contributed by atoms with Gasteiger partial charge in [-0.3, -0.25) is 0 Å². The van der Waals surface area contributed by atoms with Gasteiger partial charge in [-0.2, -0.15) is 4.98 Å². The van der Waals surface area contributed by atoms with Gasteiger partial charge in [0.2, 0.25) is 21.7 Å². The monoisotopic (exact) mass is 373 g/mol. The summed E-state index contributed by atoms with van der Waals surface area (Å²) in [7, 11) is -1.94. The van der Waals surface area contributed by atoms with E-state index in [1.165, 1.54) is 0 Å². The molecule has 3 rings (SSSR count). The summed E-state index contributed by atoms with van der Waals surface area (Å²) in [6, 6.07) is 14.6. The van der Waals surface area contributed by atoms with Crippen molar-refractivity contribution in [3.63, 3.8) is 0 Å². The average molecular weight is 373 g/mol. The second-order valence-corrected chi connectivity index (χ2v) is 7.62. The summed E-state index contributed by atoms with van der Waals surface area (Å²) >= 11 is 0. The highest BCUT2D eigenvalue weighted by Gasteiger charge is 2.15. The molecule has 0 atom stereocenters. The molecule has 1 aromatic heterocycles. The van der Waals surface area contributed by atoms with E-state index in [0.717, 1.165) is 11.1 Å². The lowest BCUT2D eigenvalue weighted by molar-refractivity contribution is 0.376. The number of benzene rings is 2. The molecule has 1 heterocycles. The molecule has 0 spiro atoms. The van der Waals surface area contributed by atoms with Gasteiger partial charge in [0.05, 0.1) is 19.4 Å². The molecule has 0 saturated carbocycles. The van der Waals surface area contributed by atoms with E-state index in [1.807, 2.05) is 37.3 Å². The normalized spacial score (nSPS) is 11.5. The molecule has 3 aromatic rings. The summed E-state index contributed by atoms with van der Waals surface area (Å²) < 4.78 is 37.2. The molecule has 0 saturated heterocycles. The minimum Gasteiger partial charge on any atom is -0.497 e. The number of nitrogens with one attached hydrogen (secondary N) is 1. The number of ether oxygens (including phenoxy) is 1. The maximum atomic E-state index is 12.2. The lowest BCUT2D eigenvalue weighted by Gasteiger charge is -2.05. The van der Waals surface area contributed by atoms with Crippen LogP contribution in [0.1, 0.15) is 17.0 Å². The zero-order chi connectivity index (χ0) is 18.6. The molecule has 0 aliphatic heterocycles. The fraction of sp³-hybridized carbons (Fsp3) is 0.222.